The van der Waals surface area contributed by atoms with Crippen molar-refractivity contribution >= 4 is 22.9 Å². The Morgan fingerprint density at radius 1 is 1.37 bits per heavy atom. The summed E-state index contributed by atoms with van der Waals surface area (Å²) in [6.07, 6.45) is 3.25. The normalized spacial score (nSPS) is 10.8. The number of rotatable bonds is 4. The van der Waals surface area contributed by atoms with Crippen molar-refractivity contribution in [1.82, 2.24) is 19.9 Å². The molecule has 0 radical (unpaired) electrons. The predicted octanol–water partition coefficient (Wildman–Crippen LogP) is 1.62. The number of fused-ring (bicyclic) bond motifs is 1. The van der Waals surface area contributed by atoms with Crippen LogP contribution < -0.4 is 10.2 Å². The second-order valence-electron chi connectivity index (χ2n) is 4.30. The summed E-state index contributed by atoms with van der Waals surface area (Å²) in [6.45, 7) is 0.554. The van der Waals surface area contributed by atoms with E-state index in [2.05, 4.69) is 25.3 Å². The van der Waals surface area contributed by atoms with Crippen molar-refractivity contribution in [2.45, 2.75) is 6.54 Å². The minimum atomic E-state index is 0.554. The maximum Gasteiger partial charge on any atom is 0.228 e. The van der Waals surface area contributed by atoms with Gasteiger partial charge in [-0.1, -0.05) is 0 Å². The first-order chi connectivity index (χ1) is 9.24. The van der Waals surface area contributed by atoms with Gasteiger partial charge in [0.25, 0.3) is 0 Å². The van der Waals surface area contributed by atoms with E-state index in [4.69, 9.17) is 4.42 Å². The van der Waals surface area contributed by atoms with Gasteiger partial charge >= 0.3 is 0 Å². The van der Waals surface area contributed by atoms with Crippen LogP contribution in [0.2, 0.25) is 0 Å². The summed E-state index contributed by atoms with van der Waals surface area (Å²) in [5.74, 6) is 2.15. The monoisotopic (exact) mass is 258 g/mol. The van der Waals surface area contributed by atoms with E-state index in [1.807, 2.05) is 31.1 Å². The zero-order chi connectivity index (χ0) is 13.2. The lowest BCUT2D eigenvalue weighted by Gasteiger charge is -2.12. The van der Waals surface area contributed by atoms with Gasteiger partial charge in [-0.25, -0.2) is 4.98 Å². The lowest BCUT2D eigenvalue weighted by atomic mass is 10.4. The Morgan fingerprint density at radius 2 is 2.26 bits per heavy atom. The molecule has 0 saturated heterocycles. The second kappa shape index (κ2) is 4.60. The van der Waals surface area contributed by atoms with Gasteiger partial charge < -0.3 is 19.6 Å². The zero-order valence-electron chi connectivity index (χ0n) is 10.7. The molecule has 0 bridgehead atoms. The van der Waals surface area contributed by atoms with Crippen LogP contribution in [0.15, 0.2) is 29.1 Å². The van der Waals surface area contributed by atoms with E-state index in [1.54, 1.807) is 12.6 Å². The molecule has 0 atom stereocenters. The third-order valence-corrected chi connectivity index (χ3v) is 2.68. The number of anilines is 2. The third kappa shape index (κ3) is 2.22. The fraction of sp³-hybridized carbons (Fsp3) is 0.250. The van der Waals surface area contributed by atoms with Crippen LogP contribution in [0.1, 0.15) is 5.76 Å². The molecule has 0 unspecified atom stereocenters. The third-order valence-electron chi connectivity index (χ3n) is 2.68. The van der Waals surface area contributed by atoms with Crippen LogP contribution in [0.25, 0.3) is 11.2 Å². The van der Waals surface area contributed by atoms with E-state index in [1.165, 1.54) is 0 Å². The highest BCUT2D eigenvalue weighted by Gasteiger charge is 2.11. The Morgan fingerprint density at radius 3 is 3.00 bits per heavy atom. The number of furan rings is 1. The maximum atomic E-state index is 5.28. The van der Waals surface area contributed by atoms with Crippen molar-refractivity contribution in [1.29, 1.82) is 0 Å². The number of aromatic nitrogens is 4. The number of imidazole rings is 1. The summed E-state index contributed by atoms with van der Waals surface area (Å²) in [4.78, 5) is 17.9. The molecule has 3 heterocycles. The average Bonchev–Trinajstić information content (AvgIpc) is 3.06. The van der Waals surface area contributed by atoms with E-state index in [-0.39, 0.29) is 0 Å². The lowest BCUT2D eigenvalue weighted by molar-refractivity contribution is 0.518. The Bertz CT molecular complexity index is 673. The molecule has 0 spiro atoms. The van der Waals surface area contributed by atoms with E-state index in [9.17, 15) is 0 Å². The number of nitrogens with zero attached hydrogens (tertiary/aromatic N) is 4. The van der Waals surface area contributed by atoms with Crippen molar-refractivity contribution in [3.63, 3.8) is 0 Å². The molecule has 7 nitrogen and oxygen atoms in total. The van der Waals surface area contributed by atoms with Crippen LogP contribution in [0.5, 0.6) is 0 Å². The number of hydrogen-bond acceptors (Lipinski definition) is 6. The standard InChI is InChI=1S/C12H14N6O/c1-18(2)12-16-10(9-11(17-12)15-7-14-9)13-6-8-4-3-5-19-8/h3-5,7H,6H2,1-2H3,(H2,13,14,15,16,17). The fourth-order valence-electron chi connectivity index (χ4n) is 1.73. The van der Waals surface area contributed by atoms with Gasteiger partial charge in [-0.3, -0.25) is 0 Å². The summed E-state index contributed by atoms with van der Waals surface area (Å²) in [5, 5.41) is 3.22. The molecule has 0 saturated carbocycles. The molecule has 3 aromatic rings. The quantitative estimate of drug-likeness (QED) is 0.740. The van der Waals surface area contributed by atoms with Crippen molar-refractivity contribution in [3.05, 3.63) is 30.5 Å². The van der Waals surface area contributed by atoms with Crippen molar-refractivity contribution < 1.29 is 4.42 Å². The molecule has 0 aliphatic rings. The van der Waals surface area contributed by atoms with Gasteiger partial charge in [-0.2, -0.15) is 9.97 Å². The summed E-state index contributed by atoms with van der Waals surface area (Å²) in [5.41, 5.74) is 1.43. The van der Waals surface area contributed by atoms with Crippen LogP contribution >= 0.6 is 0 Å². The first-order valence-corrected chi connectivity index (χ1v) is 5.89. The van der Waals surface area contributed by atoms with Crippen LogP contribution in [0.4, 0.5) is 11.8 Å². The van der Waals surface area contributed by atoms with E-state index < -0.39 is 0 Å². The maximum absolute atomic E-state index is 5.28. The molecule has 0 fully saturated rings. The summed E-state index contributed by atoms with van der Waals surface area (Å²) in [6, 6.07) is 3.76. The van der Waals surface area contributed by atoms with Gasteiger partial charge in [-0.15, -0.1) is 0 Å². The zero-order valence-corrected chi connectivity index (χ0v) is 10.7. The Kier molecular flexibility index (Phi) is 2.79. The second-order valence-corrected chi connectivity index (χ2v) is 4.30. The van der Waals surface area contributed by atoms with Crippen LogP contribution in [-0.2, 0) is 6.54 Å². The molecule has 0 aromatic carbocycles. The first kappa shape index (κ1) is 11.5. The molecule has 7 heteroatoms. The topological polar surface area (TPSA) is 82.9 Å². The molecule has 0 aliphatic carbocycles. The largest absolute Gasteiger partial charge is 0.467 e. The van der Waals surface area contributed by atoms with E-state index in [0.717, 1.165) is 11.3 Å². The van der Waals surface area contributed by atoms with Gasteiger partial charge in [0.15, 0.2) is 11.5 Å². The Hall–Kier alpha value is -2.57. The fourth-order valence-corrected chi connectivity index (χ4v) is 1.73. The molecular weight excluding hydrogens is 244 g/mol. The number of nitrogens with one attached hydrogen (secondary N) is 2. The molecule has 98 valence electrons. The highest BCUT2D eigenvalue weighted by molar-refractivity contribution is 5.83. The smallest absolute Gasteiger partial charge is 0.228 e. The molecular formula is C12H14N6O. The summed E-state index contributed by atoms with van der Waals surface area (Å²) < 4.78 is 5.28. The highest BCUT2D eigenvalue weighted by Crippen LogP contribution is 2.20. The molecule has 2 N–H and O–H groups in total. The van der Waals surface area contributed by atoms with Gasteiger partial charge in [-0.05, 0) is 12.1 Å². The van der Waals surface area contributed by atoms with Crippen LogP contribution in [0, 0.1) is 0 Å². The first-order valence-electron chi connectivity index (χ1n) is 5.89. The number of aromatic amines is 1. The Labute approximate surface area is 109 Å². The molecule has 3 aromatic heterocycles. The molecule has 0 aliphatic heterocycles. The van der Waals surface area contributed by atoms with Gasteiger partial charge in [0.1, 0.15) is 11.3 Å². The molecule has 3 rings (SSSR count). The minimum Gasteiger partial charge on any atom is -0.467 e. The van der Waals surface area contributed by atoms with Gasteiger partial charge in [0.05, 0.1) is 19.1 Å². The van der Waals surface area contributed by atoms with Crippen molar-refractivity contribution in [2.24, 2.45) is 0 Å². The highest BCUT2D eigenvalue weighted by atomic mass is 16.3. The number of hydrogen-bond donors (Lipinski definition) is 2. The minimum absolute atomic E-state index is 0.554. The van der Waals surface area contributed by atoms with Crippen LogP contribution in [0.3, 0.4) is 0 Å². The van der Waals surface area contributed by atoms with Gasteiger partial charge in [0, 0.05) is 14.1 Å². The molecule has 0 amide bonds. The Balaban J connectivity index is 1.94. The predicted molar refractivity (Wildman–Crippen MR) is 72.0 cm³/mol. The van der Waals surface area contributed by atoms with E-state index in [0.29, 0.717) is 24.0 Å². The van der Waals surface area contributed by atoms with Crippen LogP contribution in [-0.4, -0.2) is 34.0 Å². The van der Waals surface area contributed by atoms with Crippen molar-refractivity contribution in [3.8, 4) is 0 Å². The SMILES string of the molecule is CN(C)c1nc(NCc2ccco2)c2nc[nH]c2n1. The lowest BCUT2D eigenvalue weighted by Crippen LogP contribution is -2.14. The van der Waals surface area contributed by atoms with Crippen molar-refractivity contribution in [2.75, 3.05) is 24.3 Å². The summed E-state index contributed by atoms with van der Waals surface area (Å²) in [7, 11) is 3.79. The summed E-state index contributed by atoms with van der Waals surface area (Å²) >= 11 is 0. The number of H-pyrrole nitrogens is 1. The molecule has 19 heavy (non-hydrogen) atoms. The van der Waals surface area contributed by atoms with Gasteiger partial charge in [0.2, 0.25) is 5.95 Å². The van der Waals surface area contributed by atoms with E-state index >= 15 is 0 Å². The average molecular weight is 258 g/mol.